The average Bonchev–Trinajstić information content (AvgIpc) is 3.28. The number of aliphatic imine (C=N–C) groups is 1. The highest BCUT2D eigenvalue weighted by atomic mass is 32.2. The van der Waals surface area contributed by atoms with Crippen LogP contribution in [0, 0.1) is 0 Å². The predicted molar refractivity (Wildman–Crippen MR) is 100 cm³/mol. The average molecular weight is 344 g/mol. The normalized spacial score (nSPS) is 21.0. The first-order valence-electron chi connectivity index (χ1n) is 8.28. The Hall–Kier alpha value is -1.95. The van der Waals surface area contributed by atoms with E-state index in [-0.39, 0.29) is 0 Å². The van der Waals surface area contributed by atoms with E-state index in [4.69, 9.17) is 4.42 Å². The molecule has 1 aromatic carbocycles. The molecule has 1 heterocycles. The van der Waals surface area contributed by atoms with Gasteiger partial charge in [-0.2, -0.15) is 11.8 Å². The molecule has 1 saturated carbocycles. The van der Waals surface area contributed by atoms with Crippen LogP contribution < -0.4 is 10.6 Å². The summed E-state index contributed by atoms with van der Waals surface area (Å²) in [6, 6.07) is 10.4. The Labute approximate surface area is 147 Å². The van der Waals surface area contributed by atoms with Gasteiger partial charge in [-0.05, 0) is 37.7 Å². The summed E-state index contributed by atoms with van der Waals surface area (Å²) < 4.78 is 5.56. The second-order valence-electron chi connectivity index (χ2n) is 5.95. The van der Waals surface area contributed by atoms with Crippen LogP contribution in [0.5, 0.6) is 0 Å². The van der Waals surface area contributed by atoms with Gasteiger partial charge in [0.15, 0.2) is 5.96 Å². The molecule has 1 fully saturated rings. The molecule has 1 aliphatic carbocycles. The first-order chi connectivity index (χ1) is 11.8. The third kappa shape index (κ3) is 4.32. The molecule has 24 heavy (non-hydrogen) atoms. The van der Waals surface area contributed by atoms with Crippen molar-refractivity contribution in [3.8, 4) is 11.5 Å². The van der Waals surface area contributed by atoms with E-state index >= 15 is 0 Å². The van der Waals surface area contributed by atoms with Crippen LogP contribution in [0.25, 0.3) is 11.5 Å². The minimum absolute atomic E-state index is 0.505. The van der Waals surface area contributed by atoms with E-state index in [1.807, 2.05) is 42.1 Å². The van der Waals surface area contributed by atoms with Crippen LogP contribution in [0.2, 0.25) is 0 Å². The van der Waals surface area contributed by atoms with Crippen LogP contribution in [0.15, 0.2) is 46.0 Å². The molecule has 2 atom stereocenters. The topological polar surface area (TPSA) is 62.5 Å². The van der Waals surface area contributed by atoms with Gasteiger partial charge >= 0.3 is 0 Å². The Bertz CT molecular complexity index is 671. The van der Waals surface area contributed by atoms with E-state index in [1.54, 1.807) is 13.3 Å². The van der Waals surface area contributed by atoms with Gasteiger partial charge in [-0.15, -0.1) is 0 Å². The molecule has 5 nitrogen and oxygen atoms in total. The van der Waals surface area contributed by atoms with Gasteiger partial charge in [0.05, 0.1) is 12.2 Å². The molecule has 0 aliphatic heterocycles. The number of hydrogen-bond donors (Lipinski definition) is 2. The quantitative estimate of drug-likeness (QED) is 0.644. The van der Waals surface area contributed by atoms with E-state index in [0.29, 0.717) is 18.5 Å². The molecule has 0 spiro atoms. The molecule has 0 amide bonds. The molecule has 128 valence electrons. The smallest absolute Gasteiger partial charge is 0.226 e. The molecule has 1 aliphatic rings. The van der Waals surface area contributed by atoms with Gasteiger partial charge in [-0.3, -0.25) is 4.99 Å². The standard InChI is InChI=1S/C18H24N4OS/c1-19-18(22-14-8-9-16(10-14)24-2)20-11-15-12-23-17(21-15)13-6-4-3-5-7-13/h3-7,12,14,16H,8-11H2,1-2H3,(H2,19,20,22). The number of rotatable bonds is 5. The summed E-state index contributed by atoms with van der Waals surface area (Å²) in [4.78, 5) is 8.84. The SMILES string of the molecule is CN=C(NCc1coc(-c2ccccc2)n1)NC1CCC(SC)C1. The van der Waals surface area contributed by atoms with Crippen molar-refractivity contribution in [2.75, 3.05) is 13.3 Å². The predicted octanol–water partition coefficient (Wildman–Crippen LogP) is 3.29. The highest BCUT2D eigenvalue weighted by Crippen LogP contribution is 2.28. The van der Waals surface area contributed by atoms with Crippen molar-refractivity contribution < 1.29 is 4.42 Å². The molecule has 2 N–H and O–H groups in total. The Kier molecular flexibility index (Phi) is 5.80. The van der Waals surface area contributed by atoms with Crippen LogP contribution in [0.1, 0.15) is 25.0 Å². The number of nitrogens with zero attached hydrogens (tertiary/aromatic N) is 2. The first-order valence-corrected chi connectivity index (χ1v) is 9.57. The number of benzene rings is 1. The molecule has 6 heteroatoms. The lowest BCUT2D eigenvalue weighted by Gasteiger charge is -2.16. The van der Waals surface area contributed by atoms with Crippen LogP contribution in [0.4, 0.5) is 0 Å². The minimum Gasteiger partial charge on any atom is -0.444 e. The second kappa shape index (κ2) is 8.24. The zero-order valence-corrected chi connectivity index (χ0v) is 15.0. The summed E-state index contributed by atoms with van der Waals surface area (Å²) in [5.41, 5.74) is 1.85. The number of aromatic nitrogens is 1. The third-order valence-electron chi connectivity index (χ3n) is 4.29. The summed E-state index contributed by atoms with van der Waals surface area (Å²) in [6.45, 7) is 0.592. The fraction of sp³-hybridized carbons (Fsp3) is 0.444. The van der Waals surface area contributed by atoms with Crippen LogP contribution in [-0.2, 0) is 6.54 Å². The van der Waals surface area contributed by atoms with E-state index in [2.05, 4.69) is 26.9 Å². The number of thioether (sulfide) groups is 1. The zero-order chi connectivity index (χ0) is 16.8. The van der Waals surface area contributed by atoms with E-state index in [9.17, 15) is 0 Å². The molecule has 0 radical (unpaired) electrons. The summed E-state index contributed by atoms with van der Waals surface area (Å²) in [7, 11) is 1.80. The fourth-order valence-corrected chi connectivity index (χ4v) is 3.75. The Balaban J connectivity index is 1.52. The highest BCUT2D eigenvalue weighted by Gasteiger charge is 2.24. The molecule has 2 unspecified atom stereocenters. The van der Waals surface area contributed by atoms with Gasteiger partial charge in [-0.25, -0.2) is 4.98 Å². The molecule has 1 aromatic heterocycles. The Morgan fingerprint density at radius 3 is 2.88 bits per heavy atom. The van der Waals surface area contributed by atoms with Crippen LogP contribution >= 0.6 is 11.8 Å². The van der Waals surface area contributed by atoms with Crippen molar-refractivity contribution >= 4 is 17.7 Å². The number of nitrogens with one attached hydrogen (secondary N) is 2. The summed E-state index contributed by atoms with van der Waals surface area (Å²) >= 11 is 1.96. The number of hydrogen-bond acceptors (Lipinski definition) is 4. The zero-order valence-electron chi connectivity index (χ0n) is 14.2. The van der Waals surface area contributed by atoms with Crippen molar-refractivity contribution in [2.24, 2.45) is 4.99 Å². The maximum atomic E-state index is 5.56. The molecular weight excluding hydrogens is 320 g/mol. The summed E-state index contributed by atoms with van der Waals surface area (Å²) in [5, 5.41) is 7.59. The fourth-order valence-electron chi connectivity index (χ4n) is 2.95. The first kappa shape index (κ1) is 16.9. The summed E-state index contributed by atoms with van der Waals surface area (Å²) in [5.74, 6) is 1.47. The van der Waals surface area contributed by atoms with Gasteiger partial charge < -0.3 is 15.1 Å². The van der Waals surface area contributed by atoms with Crippen molar-refractivity contribution in [1.82, 2.24) is 15.6 Å². The van der Waals surface area contributed by atoms with Gasteiger partial charge in [0, 0.05) is 23.9 Å². The van der Waals surface area contributed by atoms with Crippen molar-refractivity contribution in [1.29, 1.82) is 0 Å². The largest absolute Gasteiger partial charge is 0.444 e. The summed E-state index contributed by atoms with van der Waals surface area (Å²) in [6.07, 6.45) is 7.56. The van der Waals surface area contributed by atoms with Gasteiger partial charge in [0.1, 0.15) is 6.26 Å². The minimum atomic E-state index is 0.505. The Morgan fingerprint density at radius 1 is 1.33 bits per heavy atom. The number of guanidine groups is 1. The van der Waals surface area contributed by atoms with E-state index in [0.717, 1.165) is 22.5 Å². The molecule has 0 saturated heterocycles. The van der Waals surface area contributed by atoms with Crippen molar-refractivity contribution in [2.45, 2.75) is 37.1 Å². The molecule has 3 rings (SSSR count). The van der Waals surface area contributed by atoms with Gasteiger partial charge in [-0.1, -0.05) is 18.2 Å². The molecular formula is C18H24N4OS. The van der Waals surface area contributed by atoms with Gasteiger partial charge in [0.25, 0.3) is 0 Å². The number of oxazole rings is 1. The lowest BCUT2D eigenvalue weighted by atomic mass is 10.2. The maximum absolute atomic E-state index is 5.56. The lowest BCUT2D eigenvalue weighted by molar-refractivity contribution is 0.571. The monoisotopic (exact) mass is 344 g/mol. The third-order valence-corrected chi connectivity index (χ3v) is 5.39. The Morgan fingerprint density at radius 2 is 2.17 bits per heavy atom. The lowest BCUT2D eigenvalue weighted by Crippen LogP contribution is -2.42. The van der Waals surface area contributed by atoms with Gasteiger partial charge in [0.2, 0.25) is 5.89 Å². The maximum Gasteiger partial charge on any atom is 0.226 e. The highest BCUT2D eigenvalue weighted by molar-refractivity contribution is 7.99. The molecule has 2 aromatic rings. The van der Waals surface area contributed by atoms with E-state index in [1.165, 1.54) is 19.3 Å². The second-order valence-corrected chi connectivity index (χ2v) is 7.09. The van der Waals surface area contributed by atoms with Crippen molar-refractivity contribution in [3.63, 3.8) is 0 Å². The van der Waals surface area contributed by atoms with Crippen LogP contribution in [0.3, 0.4) is 0 Å². The van der Waals surface area contributed by atoms with Crippen LogP contribution in [-0.4, -0.2) is 35.5 Å². The van der Waals surface area contributed by atoms with Crippen molar-refractivity contribution in [3.05, 3.63) is 42.3 Å². The molecule has 0 bridgehead atoms. The van der Waals surface area contributed by atoms with E-state index < -0.39 is 0 Å².